The first-order valence-electron chi connectivity index (χ1n) is 6.55. The van der Waals surface area contributed by atoms with Gasteiger partial charge in [-0.15, -0.1) is 0 Å². The van der Waals surface area contributed by atoms with E-state index < -0.39 is 0 Å². The normalized spacial score (nSPS) is 11.1. The van der Waals surface area contributed by atoms with Crippen LogP contribution in [0.25, 0.3) is 29.0 Å². The van der Waals surface area contributed by atoms with Gasteiger partial charge in [0.15, 0.2) is 11.5 Å². The molecule has 4 heteroatoms. The van der Waals surface area contributed by atoms with Gasteiger partial charge in [-0.05, 0) is 37.3 Å². The van der Waals surface area contributed by atoms with Crippen LogP contribution in [0.3, 0.4) is 0 Å². The van der Waals surface area contributed by atoms with Crippen LogP contribution in [0.1, 0.15) is 11.4 Å². The molecule has 0 amide bonds. The topological polar surface area (TPSA) is 52.1 Å². The van der Waals surface area contributed by atoms with Gasteiger partial charge < -0.3 is 8.83 Å². The highest BCUT2D eigenvalue weighted by Crippen LogP contribution is 2.30. The van der Waals surface area contributed by atoms with Crippen molar-refractivity contribution in [3.05, 3.63) is 66.9 Å². The molecular formula is C17H14N2O2. The first-order valence-corrected chi connectivity index (χ1v) is 6.55. The third-order valence-electron chi connectivity index (χ3n) is 3.01. The molecule has 4 nitrogen and oxygen atoms in total. The molecule has 3 aromatic heterocycles. The van der Waals surface area contributed by atoms with Gasteiger partial charge in [0.05, 0.1) is 23.9 Å². The predicted octanol–water partition coefficient (Wildman–Crippen LogP) is 4.50. The lowest BCUT2D eigenvalue weighted by Gasteiger charge is -2.07. The zero-order valence-corrected chi connectivity index (χ0v) is 11.6. The number of allylic oxidation sites excluding steroid dienone is 2. The molecule has 3 heterocycles. The quantitative estimate of drug-likeness (QED) is 0.659. The minimum absolute atomic E-state index is 0.655. The molecule has 0 bridgehead atoms. The molecular weight excluding hydrogens is 264 g/mol. The van der Waals surface area contributed by atoms with E-state index in [1.54, 1.807) is 18.6 Å². The summed E-state index contributed by atoms with van der Waals surface area (Å²) in [5.74, 6) is 1.32. The third-order valence-corrected chi connectivity index (χ3v) is 3.01. The summed E-state index contributed by atoms with van der Waals surface area (Å²) < 4.78 is 10.9. The summed E-state index contributed by atoms with van der Waals surface area (Å²) in [6.07, 6.45) is 8.63. The maximum absolute atomic E-state index is 5.47. The fourth-order valence-electron chi connectivity index (χ4n) is 2.02. The van der Waals surface area contributed by atoms with Crippen molar-refractivity contribution >= 4 is 6.08 Å². The number of aryl methyl sites for hydroxylation is 1. The number of furan rings is 2. The number of aromatic nitrogens is 2. The van der Waals surface area contributed by atoms with E-state index in [4.69, 9.17) is 8.83 Å². The van der Waals surface area contributed by atoms with Gasteiger partial charge in [-0.25, -0.2) is 9.97 Å². The molecule has 0 aromatic carbocycles. The minimum atomic E-state index is 0.655. The zero-order chi connectivity index (χ0) is 14.7. The van der Waals surface area contributed by atoms with E-state index >= 15 is 0 Å². The van der Waals surface area contributed by atoms with Crippen LogP contribution >= 0.6 is 0 Å². The van der Waals surface area contributed by atoms with E-state index in [9.17, 15) is 0 Å². The average Bonchev–Trinajstić information content (AvgIpc) is 3.18. The molecule has 3 aromatic rings. The second kappa shape index (κ2) is 5.63. The molecule has 3 rings (SSSR count). The Labute approximate surface area is 122 Å². The lowest BCUT2D eigenvalue weighted by atomic mass is 10.1. The third kappa shape index (κ3) is 2.56. The van der Waals surface area contributed by atoms with Gasteiger partial charge >= 0.3 is 0 Å². The Morgan fingerprint density at radius 1 is 1.00 bits per heavy atom. The predicted molar refractivity (Wildman–Crippen MR) is 81.4 cm³/mol. The van der Waals surface area contributed by atoms with Gasteiger partial charge in [-0.2, -0.15) is 0 Å². The molecule has 0 unspecified atom stereocenters. The van der Waals surface area contributed by atoms with Crippen molar-refractivity contribution in [2.75, 3.05) is 0 Å². The smallest absolute Gasteiger partial charge is 0.154 e. The van der Waals surface area contributed by atoms with Crippen LogP contribution in [0.15, 0.2) is 64.4 Å². The van der Waals surface area contributed by atoms with Gasteiger partial charge in [-0.1, -0.05) is 18.7 Å². The summed E-state index contributed by atoms with van der Waals surface area (Å²) in [7, 11) is 0. The molecule has 0 atom stereocenters. The molecule has 0 aliphatic heterocycles. The Balaban J connectivity index is 2.22. The molecule has 0 saturated carbocycles. The van der Waals surface area contributed by atoms with E-state index in [0.717, 1.165) is 11.4 Å². The van der Waals surface area contributed by atoms with Crippen molar-refractivity contribution in [1.29, 1.82) is 0 Å². The molecule has 0 spiro atoms. The SMILES string of the molecule is C=C/C=C\c1nc(-c2ccco2)c(-c2ccco2)nc1C. The van der Waals surface area contributed by atoms with Crippen LogP contribution < -0.4 is 0 Å². The summed E-state index contributed by atoms with van der Waals surface area (Å²) in [6.45, 7) is 5.58. The maximum Gasteiger partial charge on any atom is 0.154 e. The van der Waals surface area contributed by atoms with Crippen LogP contribution in [-0.4, -0.2) is 9.97 Å². The summed E-state index contributed by atoms with van der Waals surface area (Å²) in [6, 6.07) is 7.35. The fraction of sp³-hybridized carbons (Fsp3) is 0.0588. The fourth-order valence-corrected chi connectivity index (χ4v) is 2.02. The van der Waals surface area contributed by atoms with Gasteiger partial charge in [-0.3, -0.25) is 0 Å². The minimum Gasteiger partial charge on any atom is -0.463 e. The molecule has 0 aliphatic rings. The highest BCUT2D eigenvalue weighted by atomic mass is 16.3. The van der Waals surface area contributed by atoms with Gasteiger partial charge in [0.2, 0.25) is 0 Å². The van der Waals surface area contributed by atoms with Crippen molar-refractivity contribution in [3.8, 4) is 22.9 Å². The molecule has 0 fully saturated rings. The van der Waals surface area contributed by atoms with E-state index in [1.165, 1.54) is 0 Å². The maximum atomic E-state index is 5.47. The van der Waals surface area contributed by atoms with E-state index in [-0.39, 0.29) is 0 Å². The second-order valence-electron chi connectivity index (χ2n) is 4.44. The van der Waals surface area contributed by atoms with Crippen molar-refractivity contribution < 1.29 is 8.83 Å². The number of nitrogens with zero attached hydrogens (tertiary/aromatic N) is 2. The summed E-state index contributed by atoms with van der Waals surface area (Å²) >= 11 is 0. The Morgan fingerprint density at radius 3 is 2.14 bits per heavy atom. The Hall–Kier alpha value is -2.88. The van der Waals surface area contributed by atoms with Crippen molar-refractivity contribution in [2.45, 2.75) is 6.92 Å². The standard InChI is InChI=1S/C17H14N2O2/c1-3-4-7-13-12(2)18-16(14-8-5-10-20-14)17(19-13)15-9-6-11-21-15/h3-11H,1H2,2H3/b7-4-. The highest BCUT2D eigenvalue weighted by Gasteiger charge is 2.17. The summed E-state index contributed by atoms with van der Waals surface area (Å²) in [5, 5.41) is 0. The molecule has 21 heavy (non-hydrogen) atoms. The van der Waals surface area contributed by atoms with Gasteiger partial charge in [0, 0.05) is 0 Å². The largest absolute Gasteiger partial charge is 0.463 e. The summed E-state index contributed by atoms with van der Waals surface area (Å²) in [4.78, 5) is 9.28. The Bertz CT molecular complexity index is 769. The molecule has 0 aliphatic carbocycles. The number of hydrogen-bond donors (Lipinski definition) is 0. The number of rotatable bonds is 4. The van der Waals surface area contributed by atoms with Gasteiger partial charge in [0.25, 0.3) is 0 Å². The van der Waals surface area contributed by atoms with Crippen LogP contribution in [0.4, 0.5) is 0 Å². The lowest BCUT2D eigenvalue weighted by Crippen LogP contribution is -1.98. The molecule has 104 valence electrons. The number of hydrogen-bond acceptors (Lipinski definition) is 4. The van der Waals surface area contributed by atoms with Crippen LogP contribution in [0.5, 0.6) is 0 Å². The van der Waals surface area contributed by atoms with E-state index in [0.29, 0.717) is 22.9 Å². The molecule has 0 saturated heterocycles. The molecule has 0 radical (unpaired) electrons. The summed E-state index contributed by atoms with van der Waals surface area (Å²) in [5.41, 5.74) is 2.92. The lowest BCUT2D eigenvalue weighted by molar-refractivity contribution is 0.571. The molecule has 0 N–H and O–H groups in total. The first-order chi connectivity index (χ1) is 10.3. The average molecular weight is 278 g/mol. The Morgan fingerprint density at radius 2 is 1.62 bits per heavy atom. The second-order valence-corrected chi connectivity index (χ2v) is 4.44. The van der Waals surface area contributed by atoms with E-state index in [1.807, 2.05) is 43.3 Å². The van der Waals surface area contributed by atoms with Crippen LogP contribution in [-0.2, 0) is 0 Å². The first kappa shape index (κ1) is 13.1. The van der Waals surface area contributed by atoms with Crippen LogP contribution in [0.2, 0.25) is 0 Å². The monoisotopic (exact) mass is 278 g/mol. The Kier molecular flexibility index (Phi) is 3.51. The highest BCUT2D eigenvalue weighted by molar-refractivity contribution is 5.73. The van der Waals surface area contributed by atoms with Crippen molar-refractivity contribution in [2.24, 2.45) is 0 Å². The van der Waals surface area contributed by atoms with Crippen LogP contribution in [0, 0.1) is 6.92 Å². The van der Waals surface area contributed by atoms with Crippen molar-refractivity contribution in [1.82, 2.24) is 9.97 Å². The van der Waals surface area contributed by atoms with E-state index in [2.05, 4.69) is 16.5 Å². The zero-order valence-electron chi connectivity index (χ0n) is 11.6. The van der Waals surface area contributed by atoms with Crippen molar-refractivity contribution in [3.63, 3.8) is 0 Å². The van der Waals surface area contributed by atoms with Gasteiger partial charge in [0.1, 0.15) is 11.4 Å².